The van der Waals surface area contributed by atoms with Crippen LogP contribution in [-0.4, -0.2) is 66.0 Å². The summed E-state index contributed by atoms with van der Waals surface area (Å²) < 4.78 is 11.3. The zero-order valence-corrected chi connectivity index (χ0v) is 17.3. The van der Waals surface area contributed by atoms with Crippen molar-refractivity contribution >= 4 is 11.9 Å². The topological polar surface area (TPSA) is 79.8 Å². The minimum absolute atomic E-state index is 0.226. The summed E-state index contributed by atoms with van der Waals surface area (Å²) in [5, 5.41) is 3.39. The molecule has 2 aliphatic rings. The van der Waals surface area contributed by atoms with Crippen molar-refractivity contribution < 1.29 is 14.3 Å². The number of carbonyl (C=O) groups is 1. The van der Waals surface area contributed by atoms with Crippen LogP contribution < -0.4 is 15.0 Å². The van der Waals surface area contributed by atoms with Crippen molar-refractivity contribution in [3.63, 3.8) is 0 Å². The number of likely N-dealkylation sites (tertiary alicyclic amines) is 1. The third kappa shape index (κ3) is 6.22. The number of carbonyl (C=O) groups excluding carboxylic acids is 1. The number of hydrogen-bond donors (Lipinski definition) is 1. The maximum atomic E-state index is 12.1. The van der Waals surface area contributed by atoms with Crippen LogP contribution in [0.2, 0.25) is 0 Å². The van der Waals surface area contributed by atoms with Gasteiger partial charge in [-0.05, 0) is 58.9 Å². The fraction of sp³-hybridized carbons (Fsp3) is 0.750. The molecule has 156 valence electrons. The van der Waals surface area contributed by atoms with E-state index in [-0.39, 0.29) is 6.09 Å². The first-order chi connectivity index (χ1) is 13.4. The van der Waals surface area contributed by atoms with Crippen molar-refractivity contribution in [2.45, 2.75) is 52.1 Å². The van der Waals surface area contributed by atoms with E-state index in [1.54, 1.807) is 17.3 Å². The summed E-state index contributed by atoms with van der Waals surface area (Å²) in [7, 11) is 0. The molecular formula is C20H33N5O3. The third-order valence-corrected chi connectivity index (χ3v) is 5.01. The number of nitrogens with zero attached hydrogens (tertiary/aromatic N) is 4. The summed E-state index contributed by atoms with van der Waals surface area (Å²) >= 11 is 0. The predicted molar refractivity (Wildman–Crippen MR) is 108 cm³/mol. The molecule has 2 saturated heterocycles. The molecule has 2 fully saturated rings. The number of nitrogens with one attached hydrogen (secondary N) is 1. The van der Waals surface area contributed by atoms with Gasteiger partial charge in [-0.25, -0.2) is 14.8 Å². The molecule has 1 N–H and O–H groups in total. The van der Waals surface area contributed by atoms with Gasteiger partial charge in [0, 0.05) is 19.6 Å². The first-order valence-corrected chi connectivity index (χ1v) is 10.3. The van der Waals surface area contributed by atoms with E-state index in [1.807, 2.05) is 20.8 Å². The highest BCUT2D eigenvalue weighted by Gasteiger charge is 2.27. The smallest absolute Gasteiger partial charge is 0.410 e. The van der Waals surface area contributed by atoms with Crippen LogP contribution in [0.25, 0.3) is 0 Å². The van der Waals surface area contributed by atoms with Gasteiger partial charge in [0.25, 0.3) is 0 Å². The Balaban J connectivity index is 1.41. The minimum atomic E-state index is -0.453. The van der Waals surface area contributed by atoms with E-state index in [1.165, 1.54) is 6.42 Å². The van der Waals surface area contributed by atoms with Crippen LogP contribution in [0, 0.1) is 5.92 Å². The molecule has 0 atom stereocenters. The largest absolute Gasteiger partial charge is 0.476 e. The quantitative estimate of drug-likeness (QED) is 0.845. The lowest BCUT2D eigenvalue weighted by Gasteiger charge is -2.33. The minimum Gasteiger partial charge on any atom is -0.476 e. The Morgan fingerprint density at radius 1 is 1.18 bits per heavy atom. The lowest BCUT2D eigenvalue weighted by atomic mass is 9.98. The van der Waals surface area contributed by atoms with E-state index in [4.69, 9.17) is 9.47 Å². The molecule has 0 unspecified atom stereocenters. The maximum Gasteiger partial charge on any atom is 0.410 e. The number of rotatable bonds is 4. The summed E-state index contributed by atoms with van der Waals surface area (Å²) in [6, 6.07) is 0. The maximum absolute atomic E-state index is 12.1. The van der Waals surface area contributed by atoms with Crippen molar-refractivity contribution in [2.75, 3.05) is 44.4 Å². The molecule has 2 aliphatic heterocycles. The molecule has 3 rings (SSSR count). The molecule has 28 heavy (non-hydrogen) atoms. The van der Waals surface area contributed by atoms with Gasteiger partial charge in [0.05, 0.1) is 25.7 Å². The van der Waals surface area contributed by atoms with Crippen molar-refractivity contribution in [3.05, 3.63) is 12.4 Å². The standard InChI is InChI=1S/C20H33N5O3/c1-20(2,3)28-19(26)24-10-6-16(7-11-24)14-27-18-13-22-17(12-23-18)25-9-5-4-8-21-15-25/h12-13,16,21H,4-11,14-15H2,1-3H3. The summed E-state index contributed by atoms with van der Waals surface area (Å²) in [5.41, 5.74) is -0.453. The molecule has 0 saturated carbocycles. The molecule has 0 radical (unpaired) electrons. The van der Waals surface area contributed by atoms with Crippen LogP contribution in [0.15, 0.2) is 12.4 Å². The van der Waals surface area contributed by atoms with Crippen LogP contribution in [0.5, 0.6) is 5.88 Å². The Hall–Kier alpha value is -2.09. The van der Waals surface area contributed by atoms with Crippen LogP contribution in [0.4, 0.5) is 10.6 Å². The van der Waals surface area contributed by atoms with Crippen molar-refractivity contribution in [1.29, 1.82) is 0 Å². The molecule has 1 aromatic rings. The van der Waals surface area contributed by atoms with Gasteiger partial charge in [-0.3, -0.25) is 5.32 Å². The summed E-state index contributed by atoms with van der Waals surface area (Å²) in [6.45, 7) is 10.5. The number of hydrogen-bond acceptors (Lipinski definition) is 7. The molecular weight excluding hydrogens is 358 g/mol. The molecule has 0 aliphatic carbocycles. The second-order valence-electron chi connectivity index (χ2n) is 8.56. The van der Waals surface area contributed by atoms with Crippen molar-refractivity contribution in [2.24, 2.45) is 5.92 Å². The van der Waals surface area contributed by atoms with Gasteiger partial charge in [-0.1, -0.05) is 0 Å². The second-order valence-corrected chi connectivity index (χ2v) is 8.56. The Bertz CT molecular complexity index is 616. The number of amides is 1. The first-order valence-electron chi connectivity index (χ1n) is 10.3. The van der Waals surface area contributed by atoms with Gasteiger partial charge in [0.15, 0.2) is 0 Å². The van der Waals surface area contributed by atoms with Gasteiger partial charge in [-0.2, -0.15) is 0 Å². The van der Waals surface area contributed by atoms with Crippen LogP contribution in [0.1, 0.15) is 46.5 Å². The molecule has 8 nitrogen and oxygen atoms in total. The Morgan fingerprint density at radius 2 is 1.96 bits per heavy atom. The molecule has 0 bridgehead atoms. The zero-order valence-electron chi connectivity index (χ0n) is 17.3. The second kappa shape index (κ2) is 9.41. The van der Waals surface area contributed by atoms with Crippen molar-refractivity contribution in [1.82, 2.24) is 20.2 Å². The first kappa shape index (κ1) is 20.6. The fourth-order valence-corrected chi connectivity index (χ4v) is 3.40. The number of aromatic nitrogens is 2. The molecule has 0 aromatic carbocycles. The lowest BCUT2D eigenvalue weighted by molar-refractivity contribution is 0.0164. The van der Waals surface area contributed by atoms with Crippen LogP contribution in [0.3, 0.4) is 0 Å². The summed E-state index contributed by atoms with van der Waals surface area (Å²) in [6.07, 6.45) is 7.43. The summed E-state index contributed by atoms with van der Waals surface area (Å²) in [5.74, 6) is 1.85. The lowest BCUT2D eigenvalue weighted by Crippen LogP contribution is -2.42. The van der Waals surface area contributed by atoms with E-state index < -0.39 is 5.60 Å². The number of anilines is 1. The zero-order chi connectivity index (χ0) is 20.0. The van der Waals surface area contributed by atoms with Crippen LogP contribution >= 0.6 is 0 Å². The average molecular weight is 392 g/mol. The molecule has 1 aromatic heterocycles. The SMILES string of the molecule is CC(C)(C)OC(=O)N1CCC(COc2cnc(N3CCCCNC3)cn2)CC1. The molecule has 1 amide bonds. The van der Waals surface area contributed by atoms with Gasteiger partial charge in [-0.15, -0.1) is 0 Å². The highest BCUT2D eigenvalue weighted by molar-refractivity contribution is 5.68. The third-order valence-electron chi connectivity index (χ3n) is 5.01. The normalized spacial score (nSPS) is 19.2. The predicted octanol–water partition coefficient (Wildman–Crippen LogP) is 2.65. The fourth-order valence-electron chi connectivity index (χ4n) is 3.40. The highest BCUT2D eigenvalue weighted by Crippen LogP contribution is 2.21. The highest BCUT2D eigenvalue weighted by atomic mass is 16.6. The van der Waals surface area contributed by atoms with E-state index in [9.17, 15) is 4.79 Å². The van der Waals surface area contributed by atoms with Gasteiger partial charge in [0.2, 0.25) is 5.88 Å². The van der Waals surface area contributed by atoms with E-state index in [2.05, 4.69) is 20.2 Å². The Kier molecular flexibility index (Phi) is 6.93. The van der Waals surface area contributed by atoms with E-state index in [0.717, 1.165) is 44.8 Å². The van der Waals surface area contributed by atoms with Crippen molar-refractivity contribution in [3.8, 4) is 5.88 Å². The van der Waals surface area contributed by atoms with Crippen LogP contribution in [-0.2, 0) is 4.74 Å². The van der Waals surface area contributed by atoms with Gasteiger partial charge >= 0.3 is 6.09 Å². The van der Waals surface area contributed by atoms with Gasteiger partial charge < -0.3 is 19.3 Å². The summed E-state index contributed by atoms with van der Waals surface area (Å²) in [4.78, 5) is 25.0. The Morgan fingerprint density at radius 3 is 2.64 bits per heavy atom. The average Bonchev–Trinajstić information content (AvgIpc) is 2.95. The Labute approximate surface area is 167 Å². The number of piperidine rings is 1. The molecule has 8 heteroatoms. The monoisotopic (exact) mass is 391 g/mol. The molecule has 0 spiro atoms. The van der Waals surface area contributed by atoms with E-state index in [0.29, 0.717) is 31.5 Å². The number of ether oxygens (including phenoxy) is 2. The van der Waals surface area contributed by atoms with E-state index >= 15 is 0 Å². The van der Waals surface area contributed by atoms with Gasteiger partial charge in [0.1, 0.15) is 11.4 Å². The molecule has 3 heterocycles.